The molecule has 0 aliphatic heterocycles. The van der Waals surface area contributed by atoms with Gasteiger partial charge in [-0.3, -0.25) is 0 Å². The van der Waals surface area contributed by atoms with Crippen LogP contribution in [-0.4, -0.2) is 6.29 Å². The highest BCUT2D eigenvalue weighted by Gasteiger charge is 2.30. The van der Waals surface area contributed by atoms with Crippen LogP contribution >= 0.6 is 0 Å². The number of fused-ring (bicyclic) bond motifs is 1. The lowest BCUT2D eigenvalue weighted by molar-refractivity contribution is -0.108. The lowest BCUT2D eigenvalue weighted by Gasteiger charge is -2.31. The van der Waals surface area contributed by atoms with Gasteiger partial charge >= 0.3 is 0 Å². The molecule has 0 aromatic heterocycles. The van der Waals surface area contributed by atoms with E-state index in [2.05, 4.69) is 0 Å². The Labute approximate surface area is 119 Å². The Morgan fingerprint density at radius 2 is 2.10 bits per heavy atom. The minimum Gasteiger partial charge on any atom is -0.303 e. The zero-order valence-electron chi connectivity index (χ0n) is 11.5. The Balaban J connectivity index is 2.58. The fourth-order valence-electron chi connectivity index (χ4n) is 3.01. The second-order valence-corrected chi connectivity index (χ2v) is 5.19. The van der Waals surface area contributed by atoms with Crippen LogP contribution < -0.4 is 0 Å². The minimum absolute atomic E-state index is 0.101. The lowest BCUT2D eigenvalue weighted by atomic mass is 9.71. The number of benzene rings is 1. The molecule has 0 unspecified atom stereocenters. The summed E-state index contributed by atoms with van der Waals surface area (Å²) >= 11 is 0. The fourth-order valence-corrected chi connectivity index (χ4v) is 3.01. The monoisotopic (exact) mass is 264 g/mol. The van der Waals surface area contributed by atoms with Crippen molar-refractivity contribution in [2.45, 2.75) is 26.2 Å². The normalized spacial score (nSPS) is 18.4. The first-order valence-electron chi connectivity index (χ1n) is 6.79. The van der Waals surface area contributed by atoms with E-state index in [-0.39, 0.29) is 17.4 Å². The Hall–Kier alpha value is -2.39. The molecule has 0 bridgehead atoms. The number of rotatable bonds is 3. The average molecular weight is 264 g/mol. The maximum absolute atomic E-state index is 10.8. The number of aldehydes is 1. The number of aryl methyl sites for hydroxylation is 1. The van der Waals surface area contributed by atoms with Crippen LogP contribution in [0.5, 0.6) is 0 Å². The third kappa shape index (κ3) is 2.49. The first kappa shape index (κ1) is 14.0. The van der Waals surface area contributed by atoms with Gasteiger partial charge in [-0.05, 0) is 41.4 Å². The molecular formula is C17H16N2O. The van der Waals surface area contributed by atoms with Crippen molar-refractivity contribution in [1.82, 2.24) is 0 Å². The van der Waals surface area contributed by atoms with Gasteiger partial charge in [0.2, 0.25) is 0 Å². The summed E-state index contributed by atoms with van der Waals surface area (Å²) in [5.41, 5.74) is 3.19. The van der Waals surface area contributed by atoms with Crippen LogP contribution in [0.3, 0.4) is 0 Å². The molecule has 1 aliphatic carbocycles. The molecule has 0 fully saturated rings. The summed E-state index contributed by atoms with van der Waals surface area (Å²) in [6.07, 6.45) is 3.19. The van der Waals surface area contributed by atoms with Crippen LogP contribution in [0.4, 0.5) is 0 Å². The molecular weight excluding hydrogens is 248 g/mol. The van der Waals surface area contributed by atoms with Gasteiger partial charge in [-0.2, -0.15) is 10.5 Å². The fraction of sp³-hybridized carbons (Fsp3) is 0.353. The lowest BCUT2D eigenvalue weighted by Crippen LogP contribution is -2.21. The van der Waals surface area contributed by atoms with Crippen molar-refractivity contribution in [3.63, 3.8) is 0 Å². The van der Waals surface area contributed by atoms with Gasteiger partial charge in [-0.15, -0.1) is 0 Å². The topological polar surface area (TPSA) is 64.7 Å². The highest BCUT2D eigenvalue weighted by Crippen LogP contribution is 2.41. The third-order valence-electron chi connectivity index (χ3n) is 4.05. The van der Waals surface area contributed by atoms with Gasteiger partial charge in [0.05, 0.1) is 0 Å². The summed E-state index contributed by atoms with van der Waals surface area (Å²) in [5.74, 6) is 0.247. The highest BCUT2D eigenvalue weighted by atomic mass is 16.1. The largest absolute Gasteiger partial charge is 0.303 e. The Kier molecular flexibility index (Phi) is 4.33. The van der Waals surface area contributed by atoms with Crippen molar-refractivity contribution in [2.24, 2.45) is 11.8 Å². The zero-order valence-corrected chi connectivity index (χ0v) is 11.5. The maximum Gasteiger partial charge on any atom is 0.133 e. The maximum atomic E-state index is 10.8. The van der Waals surface area contributed by atoms with E-state index in [0.717, 1.165) is 30.3 Å². The molecule has 20 heavy (non-hydrogen) atoms. The van der Waals surface area contributed by atoms with Crippen LogP contribution in [0.1, 0.15) is 30.9 Å². The van der Waals surface area contributed by atoms with Crippen molar-refractivity contribution < 1.29 is 4.79 Å². The summed E-state index contributed by atoms with van der Waals surface area (Å²) in [4.78, 5) is 10.8. The number of carbonyl (C=O) groups excluding carboxylic acids is 1. The summed E-state index contributed by atoms with van der Waals surface area (Å²) in [6.45, 7) is 2.01. The van der Waals surface area contributed by atoms with E-state index in [9.17, 15) is 15.3 Å². The van der Waals surface area contributed by atoms with Gasteiger partial charge < -0.3 is 4.79 Å². The predicted octanol–water partition coefficient (Wildman–Crippen LogP) is 3.27. The van der Waals surface area contributed by atoms with E-state index < -0.39 is 0 Å². The number of carbonyl (C=O) groups is 1. The molecule has 0 heterocycles. The van der Waals surface area contributed by atoms with E-state index >= 15 is 0 Å². The van der Waals surface area contributed by atoms with Crippen LogP contribution in [0.15, 0.2) is 29.8 Å². The van der Waals surface area contributed by atoms with Crippen molar-refractivity contribution in [2.75, 3.05) is 0 Å². The van der Waals surface area contributed by atoms with Gasteiger partial charge in [0.1, 0.15) is 24.0 Å². The van der Waals surface area contributed by atoms with E-state index in [1.165, 1.54) is 5.56 Å². The first-order chi connectivity index (χ1) is 9.72. The summed E-state index contributed by atoms with van der Waals surface area (Å²) in [6, 6.07) is 12.0. The van der Waals surface area contributed by atoms with E-state index in [1.807, 2.05) is 43.3 Å². The first-order valence-corrected chi connectivity index (χ1v) is 6.79. The SMILES string of the molecule is C[C@H](CC=O)[C@@H]1CCc2ccccc2C1=C(C#N)C#N. The van der Waals surface area contributed by atoms with Crippen LogP contribution in [0.2, 0.25) is 0 Å². The number of hydrogen-bond acceptors (Lipinski definition) is 3. The zero-order chi connectivity index (χ0) is 14.5. The summed E-state index contributed by atoms with van der Waals surface area (Å²) in [5, 5.41) is 18.5. The summed E-state index contributed by atoms with van der Waals surface area (Å²) < 4.78 is 0. The Morgan fingerprint density at radius 1 is 1.40 bits per heavy atom. The smallest absolute Gasteiger partial charge is 0.133 e. The van der Waals surface area contributed by atoms with Gasteiger partial charge in [0.15, 0.2) is 0 Å². The minimum atomic E-state index is 0.101. The number of nitriles is 2. The molecule has 2 rings (SSSR count). The molecule has 1 aromatic rings. The van der Waals surface area contributed by atoms with E-state index in [4.69, 9.17) is 0 Å². The van der Waals surface area contributed by atoms with E-state index in [0.29, 0.717) is 6.42 Å². The number of allylic oxidation sites excluding steroid dienone is 2. The predicted molar refractivity (Wildman–Crippen MR) is 76.2 cm³/mol. The summed E-state index contributed by atoms with van der Waals surface area (Å²) in [7, 11) is 0. The molecule has 0 saturated heterocycles. The van der Waals surface area contributed by atoms with Crippen LogP contribution in [-0.2, 0) is 11.2 Å². The molecule has 100 valence electrons. The molecule has 3 nitrogen and oxygen atoms in total. The average Bonchev–Trinajstić information content (AvgIpc) is 2.48. The van der Waals surface area contributed by atoms with Gasteiger partial charge in [0, 0.05) is 6.42 Å². The van der Waals surface area contributed by atoms with Crippen LogP contribution in [0.25, 0.3) is 5.57 Å². The van der Waals surface area contributed by atoms with Gasteiger partial charge in [-0.25, -0.2) is 0 Å². The second-order valence-electron chi connectivity index (χ2n) is 5.19. The third-order valence-corrected chi connectivity index (χ3v) is 4.05. The van der Waals surface area contributed by atoms with Crippen molar-refractivity contribution in [3.8, 4) is 12.1 Å². The number of hydrogen-bond donors (Lipinski definition) is 0. The van der Waals surface area contributed by atoms with Crippen molar-refractivity contribution >= 4 is 11.9 Å². The quantitative estimate of drug-likeness (QED) is 0.621. The Bertz CT molecular complexity index is 615. The molecule has 1 aliphatic rings. The standard InChI is InChI=1S/C17H16N2O/c1-12(8-9-20)15-7-6-13-4-2-3-5-16(13)17(15)14(10-18)11-19/h2-5,9,12,15H,6-8H2,1H3/t12-,15+/m1/s1. The highest BCUT2D eigenvalue weighted by molar-refractivity contribution is 5.80. The van der Waals surface area contributed by atoms with E-state index in [1.54, 1.807) is 0 Å². The molecule has 2 atom stereocenters. The number of nitrogens with zero attached hydrogens (tertiary/aromatic N) is 2. The molecule has 0 saturated carbocycles. The Morgan fingerprint density at radius 3 is 2.75 bits per heavy atom. The molecule has 0 radical (unpaired) electrons. The van der Waals surface area contributed by atoms with Gasteiger partial charge in [0.25, 0.3) is 0 Å². The van der Waals surface area contributed by atoms with Crippen molar-refractivity contribution in [3.05, 3.63) is 41.0 Å². The van der Waals surface area contributed by atoms with Gasteiger partial charge in [-0.1, -0.05) is 31.2 Å². The molecule has 0 N–H and O–H groups in total. The molecule has 1 aromatic carbocycles. The van der Waals surface area contributed by atoms with Crippen molar-refractivity contribution in [1.29, 1.82) is 10.5 Å². The van der Waals surface area contributed by atoms with Crippen LogP contribution in [0, 0.1) is 34.5 Å². The molecule has 0 spiro atoms. The second kappa shape index (κ2) is 6.17. The molecule has 3 heteroatoms. The molecule has 0 amide bonds.